The van der Waals surface area contributed by atoms with Crippen LogP contribution in [-0.4, -0.2) is 12.3 Å². The van der Waals surface area contributed by atoms with E-state index >= 15 is 0 Å². The van der Waals surface area contributed by atoms with Crippen LogP contribution in [0.1, 0.15) is 46.5 Å². The maximum Gasteiger partial charge on any atom is 0.510 e. The molecule has 0 aliphatic carbocycles. The third-order valence-corrected chi connectivity index (χ3v) is 2.92. The Hall–Kier alpha value is 0.0600. The van der Waals surface area contributed by atoms with Gasteiger partial charge in [-0.25, -0.2) is 0 Å². The van der Waals surface area contributed by atoms with E-state index < -0.39 is 8.03 Å². The molecule has 0 aliphatic rings. The molecule has 0 bridgehead atoms. The largest absolute Gasteiger partial charge is 0.510 e. The fourth-order valence-corrected chi connectivity index (χ4v) is 1.44. The number of rotatable bonds is 7. The first kappa shape index (κ1) is 12.1. The molecule has 1 unspecified atom stereocenters. The molecule has 0 rings (SSSR count). The number of hydrogen-bond donors (Lipinski definition) is 0. The predicted octanol–water partition coefficient (Wildman–Crippen LogP) is 3.73. The minimum atomic E-state index is -1.41. The number of hydrogen-bond acceptors (Lipinski definition) is 2. The minimum Gasteiger partial charge on any atom is -0.146 e. The topological polar surface area (TPSA) is 26.3 Å². The molecule has 0 aromatic rings. The van der Waals surface area contributed by atoms with Crippen LogP contribution in [0.5, 0.6) is 0 Å². The molecule has 1 atom stereocenters. The summed E-state index contributed by atoms with van der Waals surface area (Å²) in [4.78, 5) is 0. The Bertz CT molecular complexity index is 124. The van der Waals surface area contributed by atoms with Crippen molar-refractivity contribution in [3.05, 3.63) is 0 Å². The van der Waals surface area contributed by atoms with E-state index in [0.29, 0.717) is 6.61 Å². The van der Waals surface area contributed by atoms with Crippen molar-refractivity contribution in [1.82, 2.24) is 0 Å². The normalized spacial score (nSPS) is 12.2. The van der Waals surface area contributed by atoms with Crippen LogP contribution in [0.15, 0.2) is 0 Å². The third-order valence-electron chi connectivity index (χ3n) is 1.64. The van der Waals surface area contributed by atoms with Gasteiger partial charge in [-0.05, 0) is 24.8 Å². The Morgan fingerprint density at radius 2 is 1.92 bits per heavy atom. The molecule has 2 nitrogen and oxygen atoms in total. The zero-order chi connectivity index (χ0) is 9.40. The van der Waals surface area contributed by atoms with Crippen molar-refractivity contribution >= 4 is 8.03 Å². The van der Waals surface area contributed by atoms with Gasteiger partial charge in [-0.1, -0.05) is 26.2 Å². The lowest BCUT2D eigenvalue weighted by atomic mass is 10.2. The van der Waals surface area contributed by atoms with E-state index in [4.69, 9.17) is 4.52 Å². The molecule has 0 heterocycles. The summed E-state index contributed by atoms with van der Waals surface area (Å²) in [5.74, 6) is 0. The highest BCUT2D eigenvalue weighted by atomic mass is 31.1. The highest BCUT2D eigenvalue weighted by Crippen LogP contribution is 2.28. The van der Waals surface area contributed by atoms with Crippen molar-refractivity contribution in [3.8, 4) is 0 Å². The summed E-state index contributed by atoms with van der Waals surface area (Å²) in [6, 6.07) is 0. The standard InChI is InChI=1S/C9H20O2P/c1-4-5-6-7-8-11-12(10)9(2)3/h9H,4-8H2,1-3H3/q+1. The lowest BCUT2D eigenvalue weighted by Crippen LogP contribution is -1.93. The van der Waals surface area contributed by atoms with Gasteiger partial charge in [-0.15, -0.1) is 4.52 Å². The molecule has 0 aliphatic heterocycles. The monoisotopic (exact) mass is 191 g/mol. The Morgan fingerprint density at radius 3 is 2.42 bits per heavy atom. The first-order chi connectivity index (χ1) is 5.68. The molecular formula is C9H20O2P+. The second-order valence-corrected chi connectivity index (χ2v) is 5.13. The molecule has 0 spiro atoms. The van der Waals surface area contributed by atoms with Crippen LogP contribution in [-0.2, 0) is 9.09 Å². The molecule has 0 saturated heterocycles. The molecule has 0 aromatic carbocycles. The van der Waals surface area contributed by atoms with Crippen LogP contribution < -0.4 is 0 Å². The van der Waals surface area contributed by atoms with Crippen LogP contribution in [0, 0.1) is 0 Å². The lowest BCUT2D eigenvalue weighted by Gasteiger charge is -1.94. The van der Waals surface area contributed by atoms with Crippen LogP contribution >= 0.6 is 8.03 Å². The first-order valence-corrected chi connectivity index (χ1v) is 6.02. The molecule has 3 heteroatoms. The highest BCUT2D eigenvalue weighted by Gasteiger charge is 2.21. The molecule has 72 valence electrons. The zero-order valence-corrected chi connectivity index (χ0v) is 9.27. The van der Waals surface area contributed by atoms with Gasteiger partial charge in [0.1, 0.15) is 6.61 Å². The Kier molecular flexibility index (Phi) is 7.73. The van der Waals surface area contributed by atoms with Crippen LogP contribution in [0.25, 0.3) is 0 Å². The maximum absolute atomic E-state index is 11.1. The van der Waals surface area contributed by atoms with E-state index in [1.54, 1.807) is 0 Å². The van der Waals surface area contributed by atoms with E-state index in [0.717, 1.165) is 6.42 Å². The third kappa shape index (κ3) is 6.75. The molecule has 0 radical (unpaired) electrons. The van der Waals surface area contributed by atoms with Crippen LogP contribution in [0.4, 0.5) is 0 Å². The summed E-state index contributed by atoms with van der Waals surface area (Å²) in [6.07, 6.45) is 4.72. The zero-order valence-electron chi connectivity index (χ0n) is 8.38. The fraction of sp³-hybridized carbons (Fsp3) is 1.00. The summed E-state index contributed by atoms with van der Waals surface area (Å²) in [7, 11) is -1.41. The molecule has 0 saturated carbocycles. The Labute approximate surface area is 76.6 Å². The fourth-order valence-electron chi connectivity index (χ4n) is 0.832. The maximum atomic E-state index is 11.1. The molecule has 0 fully saturated rings. The molecule has 0 N–H and O–H groups in total. The summed E-state index contributed by atoms with van der Waals surface area (Å²) < 4.78 is 16.3. The van der Waals surface area contributed by atoms with Crippen molar-refractivity contribution in [1.29, 1.82) is 0 Å². The van der Waals surface area contributed by atoms with Gasteiger partial charge in [0.25, 0.3) is 0 Å². The van der Waals surface area contributed by atoms with E-state index in [2.05, 4.69) is 6.92 Å². The van der Waals surface area contributed by atoms with Crippen molar-refractivity contribution < 1.29 is 9.09 Å². The second-order valence-electron chi connectivity index (χ2n) is 3.27. The average molecular weight is 191 g/mol. The molecule has 12 heavy (non-hydrogen) atoms. The van der Waals surface area contributed by atoms with Gasteiger partial charge in [0.2, 0.25) is 0 Å². The first-order valence-electron chi connectivity index (χ1n) is 4.77. The minimum absolute atomic E-state index is 0.158. The second kappa shape index (κ2) is 7.70. The van der Waals surface area contributed by atoms with E-state index in [-0.39, 0.29) is 5.66 Å². The molecular weight excluding hydrogens is 171 g/mol. The van der Waals surface area contributed by atoms with Gasteiger partial charge in [-0.3, -0.25) is 0 Å². The predicted molar refractivity (Wildman–Crippen MR) is 52.8 cm³/mol. The van der Waals surface area contributed by atoms with E-state index in [1.165, 1.54) is 19.3 Å². The SMILES string of the molecule is CCCCCCO[P+](=O)C(C)C. The number of unbranched alkanes of at least 4 members (excludes halogenated alkanes) is 3. The van der Waals surface area contributed by atoms with Gasteiger partial charge in [-0.2, -0.15) is 0 Å². The van der Waals surface area contributed by atoms with Crippen molar-refractivity contribution in [2.24, 2.45) is 0 Å². The van der Waals surface area contributed by atoms with Crippen molar-refractivity contribution in [3.63, 3.8) is 0 Å². The Morgan fingerprint density at radius 1 is 1.25 bits per heavy atom. The highest BCUT2D eigenvalue weighted by molar-refractivity contribution is 7.39. The Balaban J connectivity index is 3.14. The lowest BCUT2D eigenvalue weighted by molar-refractivity contribution is 0.313. The van der Waals surface area contributed by atoms with Crippen LogP contribution in [0.2, 0.25) is 0 Å². The van der Waals surface area contributed by atoms with Gasteiger partial charge < -0.3 is 0 Å². The van der Waals surface area contributed by atoms with Crippen molar-refractivity contribution in [2.45, 2.75) is 52.1 Å². The van der Waals surface area contributed by atoms with E-state index in [9.17, 15) is 4.57 Å². The summed E-state index contributed by atoms with van der Waals surface area (Å²) >= 11 is 0. The summed E-state index contributed by atoms with van der Waals surface area (Å²) in [6.45, 7) is 6.68. The summed E-state index contributed by atoms with van der Waals surface area (Å²) in [5, 5.41) is 0. The average Bonchev–Trinajstić information content (AvgIpc) is 2.03. The van der Waals surface area contributed by atoms with E-state index in [1.807, 2.05) is 13.8 Å². The van der Waals surface area contributed by atoms with Gasteiger partial charge in [0.05, 0.1) is 0 Å². The smallest absolute Gasteiger partial charge is 0.146 e. The van der Waals surface area contributed by atoms with Gasteiger partial charge in [0, 0.05) is 0 Å². The molecule has 0 amide bonds. The summed E-state index contributed by atoms with van der Waals surface area (Å²) in [5.41, 5.74) is 0.158. The van der Waals surface area contributed by atoms with Crippen molar-refractivity contribution in [2.75, 3.05) is 6.61 Å². The van der Waals surface area contributed by atoms with Gasteiger partial charge >= 0.3 is 8.03 Å². The molecule has 0 aromatic heterocycles. The van der Waals surface area contributed by atoms with Crippen LogP contribution in [0.3, 0.4) is 0 Å². The van der Waals surface area contributed by atoms with Gasteiger partial charge in [0.15, 0.2) is 5.66 Å². The quantitative estimate of drug-likeness (QED) is 0.452.